The number of nitrogens with one attached hydrogen (secondary N) is 1. The molecule has 0 saturated heterocycles. The fourth-order valence-corrected chi connectivity index (χ4v) is 4.73. The molecule has 39 heavy (non-hydrogen) atoms. The summed E-state index contributed by atoms with van der Waals surface area (Å²) in [7, 11) is 3.77. The minimum Gasteiger partial charge on any atom is -0.465 e. The molecule has 2 aromatic carbocycles. The van der Waals surface area contributed by atoms with Gasteiger partial charge in [0, 0.05) is 25.5 Å². The average Bonchev–Trinajstić information content (AvgIpc) is 3.31. The monoisotopic (exact) mass is 552 g/mol. The third kappa shape index (κ3) is 6.52. The summed E-state index contributed by atoms with van der Waals surface area (Å²) in [5, 5.41) is 2.60. The Morgan fingerprint density at radius 2 is 1.72 bits per heavy atom. The third-order valence-electron chi connectivity index (χ3n) is 5.95. The molecule has 12 heteroatoms. The Balaban J connectivity index is 2.21. The molecular weight excluding hydrogens is 520 g/mol. The van der Waals surface area contributed by atoms with E-state index in [9.17, 15) is 19.2 Å². The molecule has 0 fully saturated rings. The number of carbonyl (C=O) groups excluding carboxylic acids is 4. The molecule has 0 unspecified atom stereocenters. The molecule has 0 saturated carbocycles. The highest BCUT2D eigenvalue weighted by Crippen LogP contribution is 2.35. The second kappa shape index (κ2) is 12.9. The van der Waals surface area contributed by atoms with Crippen LogP contribution in [0.5, 0.6) is 0 Å². The number of rotatable bonds is 11. The lowest BCUT2D eigenvalue weighted by molar-refractivity contribution is -0.143. The van der Waals surface area contributed by atoms with Gasteiger partial charge in [-0.2, -0.15) is 4.37 Å². The number of nitrogens with zero attached hydrogens (tertiary/aromatic N) is 3. The van der Waals surface area contributed by atoms with E-state index < -0.39 is 29.7 Å². The molecule has 1 atom stereocenters. The Bertz CT molecular complexity index is 1350. The van der Waals surface area contributed by atoms with Crippen LogP contribution in [0.15, 0.2) is 48.5 Å². The number of hydrogen-bond donors (Lipinski definition) is 3. The van der Waals surface area contributed by atoms with Gasteiger partial charge in [0.1, 0.15) is 17.5 Å². The second-order valence-corrected chi connectivity index (χ2v) is 9.48. The molecule has 0 aliphatic carbocycles. The molecule has 0 aliphatic rings. The normalized spacial score (nSPS) is 11.4. The first-order valence-corrected chi connectivity index (χ1v) is 13.0. The molecule has 3 amide bonds. The van der Waals surface area contributed by atoms with Gasteiger partial charge in [0.15, 0.2) is 5.69 Å². The molecule has 206 valence electrons. The number of benzene rings is 2. The van der Waals surface area contributed by atoms with Crippen molar-refractivity contribution < 1.29 is 23.9 Å². The van der Waals surface area contributed by atoms with Gasteiger partial charge in [0.25, 0.3) is 11.8 Å². The number of hydrogen-bond acceptors (Lipinski definition) is 9. The molecule has 1 aromatic heterocycles. The first-order valence-electron chi connectivity index (χ1n) is 12.3. The SMILES string of the molecule is CCOC(=O)CNC(=O)[C@H](c1ccc(N(C)C)cc1)N(C(=O)c1snc(C(N)=O)c1N)c1ccccc1CC. The van der Waals surface area contributed by atoms with Crippen LogP contribution >= 0.6 is 11.5 Å². The quantitative estimate of drug-likeness (QED) is 0.306. The zero-order valence-corrected chi connectivity index (χ0v) is 23.1. The Labute approximate surface area is 230 Å². The van der Waals surface area contributed by atoms with Crippen LogP contribution < -0.4 is 26.6 Å². The lowest BCUT2D eigenvalue weighted by atomic mass is 10.00. The number of carbonyl (C=O) groups is 4. The molecule has 0 spiro atoms. The topological polar surface area (TPSA) is 161 Å². The number of amides is 3. The van der Waals surface area contributed by atoms with Crippen molar-refractivity contribution in [2.45, 2.75) is 26.3 Å². The first-order chi connectivity index (χ1) is 18.6. The van der Waals surface area contributed by atoms with Crippen LogP contribution in [0, 0.1) is 0 Å². The van der Waals surface area contributed by atoms with Crippen molar-refractivity contribution in [2.75, 3.05) is 42.8 Å². The average molecular weight is 553 g/mol. The van der Waals surface area contributed by atoms with Gasteiger partial charge in [-0.1, -0.05) is 37.3 Å². The number of ether oxygens (including phenoxy) is 1. The van der Waals surface area contributed by atoms with Gasteiger partial charge in [-0.25, -0.2) is 0 Å². The summed E-state index contributed by atoms with van der Waals surface area (Å²) >= 11 is 0.725. The lowest BCUT2D eigenvalue weighted by Gasteiger charge is -2.32. The predicted octanol–water partition coefficient (Wildman–Crippen LogP) is 2.52. The van der Waals surface area contributed by atoms with Crippen molar-refractivity contribution >= 4 is 52.3 Å². The van der Waals surface area contributed by atoms with E-state index in [0.717, 1.165) is 22.8 Å². The maximum atomic E-state index is 14.2. The van der Waals surface area contributed by atoms with E-state index in [1.165, 1.54) is 4.90 Å². The zero-order chi connectivity index (χ0) is 28.7. The number of nitrogens with two attached hydrogens (primary N) is 2. The highest BCUT2D eigenvalue weighted by Gasteiger charge is 2.37. The number of nitrogen functional groups attached to an aromatic ring is 1. The van der Waals surface area contributed by atoms with Crippen LogP contribution in [0.3, 0.4) is 0 Å². The van der Waals surface area contributed by atoms with Gasteiger partial charge in [0.2, 0.25) is 5.91 Å². The van der Waals surface area contributed by atoms with E-state index in [2.05, 4.69) is 9.69 Å². The maximum Gasteiger partial charge on any atom is 0.325 e. The third-order valence-corrected chi connectivity index (χ3v) is 6.80. The van der Waals surface area contributed by atoms with Crippen LogP contribution in [-0.2, 0) is 20.7 Å². The summed E-state index contributed by atoms with van der Waals surface area (Å²) in [6.45, 7) is 3.36. The lowest BCUT2D eigenvalue weighted by Crippen LogP contribution is -2.45. The highest BCUT2D eigenvalue weighted by atomic mass is 32.1. The van der Waals surface area contributed by atoms with E-state index in [-0.39, 0.29) is 29.4 Å². The number of para-hydroxylation sites is 1. The van der Waals surface area contributed by atoms with Crippen molar-refractivity contribution in [3.05, 3.63) is 70.2 Å². The second-order valence-electron chi connectivity index (χ2n) is 8.71. The molecule has 0 bridgehead atoms. The Morgan fingerprint density at radius 1 is 1.05 bits per heavy atom. The minimum absolute atomic E-state index is 0.0391. The number of esters is 1. The van der Waals surface area contributed by atoms with Gasteiger partial charge < -0.3 is 26.4 Å². The van der Waals surface area contributed by atoms with Crippen molar-refractivity contribution in [1.82, 2.24) is 9.69 Å². The van der Waals surface area contributed by atoms with Crippen molar-refractivity contribution in [3.8, 4) is 0 Å². The summed E-state index contributed by atoms with van der Waals surface area (Å²) < 4.78 is 8.92. The fourth-order valence-electron chi connectivity index (χ4n) is 3.99. The van der Waals surface area contributed by atoms with E-state index in [4.69, 9.17) is 16.2 Å². The summed E-state index contributed by atoms with van der Waals surface area (Å²) in [6, 6.07) is 13.1. The molecule has 3 aromatic rings. The number of anilines is 3. The Hall–Kier alpha value is -4.45. The first kappa shape index (κ1) is 29.1. The largest absolute Gasteiger partial charge is 0.465 e. The summed E-state index contributed by atoms with van der Waals surface area (Å²) in [4.78, 5) is 55.0. The predicted molar refractivity (Wildman–Crippen MR) is 151 cm³/mol. The van der Waals surface area contributed by atoms with Gasteiger partial charge in [-0.15, -0.1) is 0 Å². The number of aromatic nitrogens is 1. The Morgan fingerprint density at radius 3 is 2.28 bits per heavy atom. The maximum absolute atomic E-state index is 14.2. The molecular formula is C27H32N6O5S. The van der Waals surface area contributed by atoms with Crippen LogP contribution in [0.4, 0.5) is 17.1 Å². The fraction of sp³-hybridized carbons (Fsp3) is 0.296. The van der Waals surface area contributed by atoms with Gasteiger partial charge >= 0.3 is 5.97 Å². The zero-order valence-electron chi connectivity index (χ0n) is 22.3. The molecule has 0 radical (unpaired) electrons. The van der Waals surface area contributed by atoms with E-state index in [1.807, 2.05) is 50.2 Å². The summed E-state index contributed by atoms with van der Waals surface area (Å²) in [5.74, 6) is -2.74. The van der Waals surface area contributed by atoms with Crippen LogP contribution in [0.1, 0.15) is 51.2 Å². The van der Waals surface area contributed by atoms with E-state index in [1.54, 1.807) is 31.2 Å². The van der Waals surface area contributed by atoms with Crippen LogP contribution in [0.25, 0.3) is 0 Å². The van der Waals surface area contributed by atoms with Crippen molar-refractivity contribution in [3.63, 3.8) is 0 Å². The number of primary amides is 1. The van der Waals surface area contributed by atoms with Gasteiger partial charge in [-0.3, -0.25) is 24.1 Å². The van der Waals surface area contributed by atoms with Gasteiger partial charge in [0.05, 0.1) is 12.3 Å². The molecule has 1 heterocycles. The van der Waals surface area contributed by atoms with Crippen molar-refractivity contribution in [2.24, 2.45) is 5.73 Å². The summed E-state index contributed by atoms with van der Waals surface area (Å²) in [6.07, 6.45) is 0.557. The molecule has 0 aliphatic heterocycles. The minimum atomic E-state index is -1.21. The number of aryl methyl sites for hydroxylation is 1. The van der Waals surface area contributed by atoms with E-state index in [0.29, 0.717) is 17.7 Å². The Kier molecular flexibility index (Phi) is 9.61. The van der Waals surface area contributed by atoms with E-state index >= 15 is 0 Å². The van der Waals surface area contributed by atoms with Crippen molar-refractivity contribution in [1.29, 1.82) is 0 Å². The standard InChI is InChI=1S/C27H32N6O5S/c1-5-16-9-7-8-10-19(16)33(27(37)24-21(28)22(25(29)35)31-39-24)23(26(36)30-15-20(34)38-6-2)17-11-13-18(14-12-17)32(3)4/h7-14,23H,5-6,15,28H2,1-4H3,(H2,29,35)(H,30,36)/t23-/m0/s1. The molecule has 3 rings (SSSR count). The highest BCUT2D eigenvalue weighted by molar-refractivity contribution is 7.09. The smallest absolute Gasteiger partial charge is 0.325 e. The summed E-state index contributed by atoms with van der Waals surface area (Å²) in [5.41, 5.74) is 13.7. The molecule has 11 nitrogen and oxygen atoms in total. The molecule has 5 N–H and O–H groups in total. The van der Waals surface area contributed by atoms with Crippen LogP contribution in [-0.4, -0.2) is 55.3 Å². The van der Waals surface area contributed by atoms with Crippen LogP contribution in [0.2, 0.25) is 0 Å². The van der Waals surface area contributed by atoms with Gasteiger partial charge in [-0.05, 0) is 54.2 Å².